The molecule has 0 N–H and O–H groups in total. The lowest BCUT2D eigenvalue weighted by Gasteiger charge is -1.99. The Morgan fingerprint density at radius 3 is 2.50 bits per heavy atom. The molecule has 0 unspecified atom stereocenters. The standard InChI is InChI=1S/C19H22B/c1-17-10-9-12-18(16-17)11-5-2-3-8-15-20-19-13-6-4-7-14-19/h2-4,6-7,9-10,12-14,16H,5,8,11,15H2,1H3. The second-order valence-corrected chi connectivity index (χ2v) is 5.19. The maximum absolute atomic E-state index is 2.31. The van der Waals surface area contributed by atoms with Crippen molar-refractivity contribution in [1.82, 2.24) is 0 Å². The van der Waals surface area contributed by atoms with Crippen molar-refractivity contribution in [3.05, 3.63) is 77.9 Å². The summed E-state index contributed by atoms with van der Waals surface area (Å²) in [4.78, 5) is 0. The molecule has 0 fully saturated rings. The molecule has 1 heteroatoms. The summed E-state index contributed by atoms with van der Waals surface area (Å²) in [6.07, 6.45) is 9.12. The van der Waals surface area contributed by atoms with E-state index in [1.54, 1.807) is 0 Å². The lowest BCUT2D eigenvalue weighted by Crippen LogP contribution is -2.11. The van der Waals surface area contributed by atoms with Crippen LogP contribution in [0.2, 0.25) is 6.32 Å². The average molecular weight is 261 g/mol. The van der Waals surface area contributed by atoms with Crippen molar-refractivity contribution >= 4 is 12.7 Å². The minimum atomic E-state index is 1.12. The van der Waals surface area contributed by atoms with Gasteiger partial charge >= 0.3 is 0 Å². The zero-order chi connectivity index (χ0) is 14.0. The normalized spacial score (nSPS) is 10.8. The molecular formula is C19H22B. The van der Waals surface area contributed by atoms with Gasteiger partial charge in [-0.1, -0.05) is 84.1 Å². The predicted octanol–water partition coefficient (Wildman–Crippen LogP) is 4.32. The molecule has 2 aromatic rings. The first-order valence-electron chi connectivity index (χ1n) is 7.43. The van der Waals surface area contributed by atoms with Gasteiger partial charge in [-0.15, -0.1) is 0 Å². The van der Waals surface area contributed by atoms with E-state index in [4.69, 9.17) is 0 Å². The van der Waals surface area contributed by atoms with Crippen molar-refractivity contribution in [2.75, 3.05) is 0 Å². The Labute approximate surface area is 123 Å². The number of benzene rings is 2. The molecule has 1 radical (unpaired) electrons. The van der Waals surface area contributed by atoms with E-state index in [-0.39, 0.29) is 0 Å². The van der Waals surface area contributed by atoms with Crippen LogP contribution >= 0.6 is 0 Å². The van der Waals surface area contributed by atoms with Crippen molar-refractivity contribution in [2.24, 2.45) is 0 Å². The highest BCUT2D eigenvalue weighted by Crippen LogP contribution is 2.07. The highest BCUT2D eigenvalue weighted by atomic mass is 14.0. The molecule has 0 amide bonds. The average Bonchev–Trinajstić information content (AvgIpc) is 2.47. The van der Waals surface area contributed by atoms with Gasteiger partial charge in [-0.3, -0.25) is 0 Å². The van der Waals surface area contributed by atoms with Gasteiger partial charge in [0.2, 0.25) is 0 Å². The van der Waals surface area contributed by atoms with Crippen molar-refractivity contribution in [2.45, 2.75) is 32.5 Å². The summed E-state index contributed by atoms with van der Waals surface area (Å²) in [5, 5.41) is 0. The maximum atomic E-state index is 2.31. The molecule has 0 nitrogen and oxygen atoms in total. The van der Waals surface area contributed by atoms with Crippen LogP contribution in [0.4, 0.5) is 0 Å². The molecule has 0 atom stereocenters. The van der Waals surface area contributed by atoms with Crippen LogP contribution in [0.1, 0.15) is 24.0 Å². The Morgan fingerprint density at radius 2 is 1.70 bits per heavy atom. The van der Waals surface area contributed by atoms with Crippen LogP contribution < -0.4 is 5.46 Å². The molecule has 101 valence electrons. The molecule has 2 aromatic carbocycles. The third-order valence-corrected chi connectivity index (χ3v) is 3.36. The molecule has 0 aliphatic heterocycles. The van der Waals surface area contributed by atoms with Gasteiger partial charge in [0.25, 0.3) is 0 Å². The van der Waals surface area contributed by atoms with Crippen LogP contribution in [0.15, 0.2) is 66.7 Å². The molecule has 0 saturated carbocycles. The van der Waals surface area contributed by atoms with Gasteiger partial charge in [0.15, 0.2) is 7.28 Å². The first kappa shape index (κ1) is 14.6. The molecular weight excluding hydrogens is 239 g/mol. The Bertz CT molecular complexity index is 528. The summed E-state index contributed by atoms with van der Waals surface area (Å²) < 4.78 is 0. The SMILES string of the molecule is Cc1cccc(CCC=CCC[B]c2ccccc2)c1. The van der Waals surface area contributed by atoms with Gasteiger partial charge in [0.1, 0.15) is 0 Å². The number of rotatable bonds is 7. The van der Waals surface area contributed by atoms with Crippen molar-refractivity contribution in [1.29, 1.82) is 0 Å². The van der Waals surface area contributed by atoms with E-state index in [1.807, 2.05) is 0 Å². The number of hydrogen-bond acceptors (Lipinski definition) is 0. The lowest BCUT2D eigenvalue weighted by atomic mass is 9.66. The topological polar surface area (TPSA) is 0 Å². The van der Waals surface area contributed by atoms with E-state index >= 15 is 0 Å². The zero-order valence-electron chi connectivity index (χ0n) is 12.3. The number of aryl methyl sites for hydroxylation is 2. The van der Waals surface area contributed by atoms with E-state index in [2.05, 4.69) is 81.0 Å². The fraction of sp³-hybridized carbons (Fsp3) is 0.263. The molecule has 20 heavy (non-hydrogen) atoms. The fourth-order valence-corrected chi connectivity index (χ4v) is 2.29. The van der Waals surface area contributed by atoms with Crippen LogP contribution in [-0.2, 0) is 6.42 Å². The third-order valence-electron chi connectivity index (χ3n) is 3.36. The number of allylic oxidation sites excluding steroid dienone is 2. The first-order valence-corrected chi connectivity index (χ1v) is 7.43. The summed E-state index contributed by atoms with van der Waals surface area (Å²) in [6.45, 7) is 2.15. The van der Waals surface area contributed by atoms with Gasteiger partial charge < -0.3 is 0 Å². The van der Waals surface area contributed by atoms with Gasteiger partial charge in [0, 0.05) is 0 Å². The Balaban J connectivity index is 1.60. The van der Waals surface area contributed by atoms with E-state index < -0.39 is 0 Å². The van der Waals surface area contributed by atoms with E-state index in [0.29, 0.717) is 0 Å². The van der Waals surface area contributed by atoms with E-state index in [9.17, 15) is 0 Å². The van der Waals surface area contributed by atoms with E-state index in [1.165, 1.54) is 16.6 Å². The van der Waals surface area contributed by atoms with Crippen molar-refractivity contribution < 1.29 is 0 Å². The minimum absolute atomic E-state index is 1.12. The molecule has 2 rings (SSSR count). The van der Waals surface area contributed by atoms with Gasteiger partial charge in [-0.25, -0.2) is 0 Å². The van der Waals surface area contributed by atoms with Crippen LogP contribution in [0.5, 0.6) is 0 Å². The monoisotopic (exact) mass is 261 g/mol. The second kappa shape index (κ2) is 8.42. The second-order valence-electron chi connectivity index (χ2n) is 5.19. The van der Waals surface area contributed by atoms with Crippen LogP contribution in [0.25, 0.3) is 0 Å². The van der Waals surface area contributed by atoms with Crippen LogP contribution in [0.3, 0.4) is 0 Å². The van der Waals surface area contributed by atoms with Crippen molar-refractivity contribution in [3.63, 3.8) is 0 Å². The third kappa shape index (κ3) is 5.48. The molecule has 0 spiro atoms. The van der Waals surface area contributed by atoms with Gasteiger partial charge in [-0.2, -0.15) is 0 Å². The van der Waals surface area contributed by atoms with Gasteiger partial charge in [0.05, 0.1) is 0 Å². The molecule has 0 heterocycles. The molecule has 0 aliphatic carbocycles. The number of hydrogen-bond donors (Lipinski definition) is 0. The van der Waals surface area contributed by atoms with Gasteiger partial charge in [-0.05, 0) is 31.7 Å². The molecule has 0 aromatic heterocycles. The summed E-state index contributed by atoms with van der Waals surface area (Å²) >= 11 is 0. The molecule has 0 saturated heterocycles. The predicted molar refractivity (Wildman–Crippen MR) is 89.9 cm³/mol. The fourth-order valence-electron chi connectivity index (χ4n) is 2.29. The summed E-state index contributed by atoms with van der Waals surface area (Å²) in [6, 6.07) is 19.3. The summed E-state index contributed by atoms with van der Waals surface area (Å²) in [7, 11) is 2.30. The Kier molecular flexibility index (Phi) is 6.17. The Morgan fingerprint density at radius 1 is 0.900 bits per heavy atom. The first-order chi connectivity index (χ1) is 9.84. The van der Waals surface area contributed by atoms with Crippen LogP contribution in [-0.4, -0.2) is 7.28 Å². The highest BCUT2D eigenvalue weighted by Gasteiger charge is 1.93. The highest BCUT2D eigenvalue weighted by molar-refractivity contribution is 6.53. The van der Waals surface area contributed by atoms with E-state index in [0.717, 1.165) is 25.6 Å². The Hall–Kier alpha value is -1.76. The summed E-state index contributed by atoms with van der Waals surface area (Å²) in [5.74, 6) is 0. The maximum Gasteiger partial charge on any atom is 0.151 e. The lowest BCUT2D eigenvalue weighted by molar-refractivity contribution is 0.989. The molecule has 0 bridgehead atoms. The quantitative estimate of drug-likeness (QED) is 0.395. The minimum Gasteiger partial charge on any atom is -0.0892 e. The van der Waals surface area contributed by atoms with Crippen molar-refractivity contribution in [3.8, 4) is 0 Å². The summed E-state index contributed by atoms with van der Waals surface area (Å²) in [5.41, 5.74) is 4.11. The smallest absolute Gasteiger partial charge is 0.0892 e. The van der Waals surface area contributed by atoms with Crippen LogP contribution in [0, 0.1) is 6.92 Å². The largest absolute Gasteiger partial charge is 0.151 e. The zero-order valence-corrected chi connectivity index (χ0v) is 12.3. The molecule has 0 aliphatic rings.